The van der Waals surface area contributed by atoms with Crippen LogP contribution in [0.25, 0.3) is 10.1 Å². The second-order valence-electron chi connectivity index (χ2n) is 4.53. The van der Waals surface area contributed by atoms with E-state index < -0.39 is 4.92 Å². The molecule has 2 aromatic carbocycles. The smallest absolute Gasteiger partial charge is 0.293 e. The molecule has 0 aliphatic carbocycles. The van der Waals surface area contributed by atoms with Gasteiger partial charge in [0, 0.05) is 22.3 Å². The van der Waals surface area contributed by atoms with Gasteiger partial charge in [-0.2, -0.15) is 0 Å². The quantitative estimate of drug-likeness (QED) is 0.539. The first-order valence-electron chi connectivity index (χ1n) is 6.28. The Morgan fingerprint density at radius 2 is 2.05 bits per heavy atom. The first-order valence-corrected chi connectivity index (χ1v) is 7.54. The van der Waals surface area contributed by atoms with Crippen molar-refractivity contribution in [2.24, 2.45) is 0 Å². The van der Waals surface area contributed by atoms with Crippen molar-refractivity contribution >= 4 is 44.4 Å². The number of nitro benzene ring substituents is 1. The summed E-state index contributed by atoms with van der Waals surface area (Å²) in [6.07, 6.45) is 0. The Morgan fingerprint density at radius 3 is 2.86 bits per heavy atom. The summed E-state index contributed by atoms with van der Waals surface area (Å²) < 4.78 is 1.21. The summed E-state index contributed by atoms with van der Waals surface area (Å²) >= 11 is 7.48. The Morgan fingerprint density at radius 1 is 1.24 bits per heavy atom. The third kappa shape index (κ3) is 2.84. The van der Waals surface area contributed by atoms with Crippen LogP contribution in [-0.4, -0.2) is 4.92 Å². The highest BCUT2D eigenvalue weighted by atomic mass is 35.5. The predicted molar refractivity (Wildman–Crippen MR) is 87.3 cm³/mol. The number of hydrogen-bond donors (Lipinski definition) is 1. The van der Waals surface area contributed by atoms with Gasteiger partial charge in [-0.05, 0) is 34.5 Å². The third-order valence-electron chi connectivity index (χ3n) is 3.19. The molecule has 0 atom stereocenters. The van der Waals surface area contributed by atoms with Gasteiger partial charge in [0.2, 0.25) is 0 Å². The number of rotatable bonds is 4. The summed E-state index contributed by atoms with van der Waals surface area (Å²) in [5.74, 6) is 0. The molecule has 4 nitrogen and oxygen atoms in total. The zero-order valence-corrected chi connectivity index (χ0v) is 12.4. The molecule has 106 valence electrons. The number of hydrogen-bond acceptors (Lipinski definition) is 4. The number of halogens is 1. The van der Waals surface area contributed by atoms with Crippen LogP contribution in [-0.2, 0) is 6.54 Å². The summed E-state index contributed by atoms with van der Waals surface area (Å²) in [5, 5.41) is 17.8. The van der Waals surface area contributed by atoms with Gasteiger partial charge in [-0.25, -0.2) is 0 Å². The minimum atomic E-state index is -0.431. The largest absolute Gasteiger partial charge is 0.375 e. The highest BCUT2D eigenvalue weighted by molar-refractivity contribution is 7.17. The number of nitrogens with one attached hydrogen (secondary N) is 1. The van der Waals surface area contributed by atoms with Gasteiger partial charge in [0.15, 0.2) is 0 Å². The maximum absolute atomic E-state index is 11.1. The van der Waals surface area contributed by atoms with E-state index in [1.54, 1.807) is 23.5 Å². The monoisotopic (exact) mass is 318 g/mol. The summed E-state index contributed by atoms with van der Waals surface area (Å²) in [6.45, 7) is 0.534. The number of nitrogens with zero attached hydrogens (tertiary/aromatic N) is 1. The average molecular weight is 319 g/mol. The lowest BCUT2D eigenvalue weighted by atomic mass is 10.1. The summed E-state index contributed by atoms with van der Waals surface area (Å²) in [6, 6.07) is 12.7. The zero-order valence-electron chi connectivity index (χ0n) is 10.9. The predicted octanol–water partition coefficient (Wildman–Crippen LogP) is 5.08. The van der Waals surface area contributed by atoms with E-state index in [9.17, 15) is 10.1 Å². The fourth-order valence-corrected chi connectivity index (χ4v) is 3.29. The van der Waals surface area contributed by atoms with Gasteiger partial charge < -0.3 is 5.32 Å². The summed E-state index contributed by atoms with van der Waals surface area (Å²) in [4.78, 5) is 10.6. The molecule has 3 rings (SSSR count). The maximum atomic E-state index is 11.1. The molecule has 0 unspecified atom stereocenters. The molecule has 0 aliphatic rings. The first-order chi connectivity index (χ1) is 10.1. The lowest BCUT2D eigenvalue weighted by molar-refractivity contribution is -0.383. The lowest BCUT2D eigenvalue weighted by Crippen LogP contribution is -2.02. The second-order valence-corrected chi connectivity index (χ2v) is 5.88. The number of nitro groups is 1. The van der Waals surface area contributed by atoms with Crippen molar-refractivity contribution in [2.75, 3.05) is 5.32 Å². The van der Waals surface area contributed by atoms with Crippen molar-refractivity contribution in [1.29, 1.82) is 0 Å². The van der Waals surface area contributed by atoms with Crippen molar-refractivity contribution in [2.45, 2.75) is 6.54 Å². The van der Waals surface area contributed by atoms with Crippen molar-refractivity contribution in [1.82, 2.24) is 0 Å². The highest BCUT2D eigenvalue weighted by Gasteiger charge is 2.14. The van der Waals surface area contributed by atoms with Gasteiger partial charge >= 0.3 is 0 Å². The average Bonchev–Trinajstić information content (AvgIpc) is 2.89. The molecule has 3 aromatic rings. The molecule has 1 N–H and O–H groups in total. The molecule has 0 fully saturated rings. The SMILES string of the molecule is O=[N+]([O-])c1cc(Cl)ccc1NCc1csc2ccccc12. The molecular formula is C15H11ClN2O2S. The van der Waals surface area contributed by atoms with Gasteiger partial charge in [-0.15, -0.1) is 11.3 Å². The Bertz CT molecular complexity index is 816. The van der Waals surface area contributed by atoms with Crippen LogP contribution in [0, 0.1) is 10.1 Å². The Kier molecular flexibility index (Phi) is 3.77. The third-order valence-corrected chi connectivity index (χ3v) is 4.43. The first kappa shape index (κ1) is 13.9. The zero-order chi connectivity index (χ0) is 14.8. The van der Waals surface area contributed by atoms with Crippen molar-refractivity contribution in [3.63, 3.8) is 0 Å². The van der Waals surface area contributed by atoms with E-state index in [1.807, 2.05) is 12.1 Å². The molecule has 0 aliphatic heterocycles. The molecule has 0 amide bonds. The molecule has 0 spiro atoms. The van der Waals surface area contributed by atoms with E-state index in [0.29, 0.717) is 17.3 Å². The van der Waals surface area contributed by atoms with E-state index in [-0.39, 0.29) is 5.69 Å². The molecule has 6 heteroatoms. The van der Waals surface area contributed by atoms with Crippen LogP contribution in [0.5, 0.6) is 0 Å². The van der Waals surface area contributed by atoms with E-state index in [4.69, 9.17) is 11.6 Å². The Balaban J connectivity index is 1.87. The van der Waals surface area contributed by atoms with Crippen LogP contribution >= 0.6 is 22.9 Å². The fraction of sp³-hybridized carbons (Fsp3) is 0.0667. The van der Waals surface area contributed by atoms with Crippen LogP contribution in [0.4, 0.5) is 11.4 Å². The molecule has 1 aromatic heterocycles. The van der Waals surface area contributed by atoms with E-state index in [2.05, 4.69) is 22.8 Å². The Labute approximate surface area is 130 Å². The van der Waals surface area contributed by atoms with Crippen LogP contribution in [0.3, 0.4) is 0 Å². The van der Waals surface area contributed by atoms with Crippen LogP contribution in [0.15, 0.2) is 47.8 Å². The lowest BCUT2D eigenvalue weighted by Gasteiger charge is -2.07. The van der Waals surface area contributed by atoms with Gasteiger partial charge in [-0.3, -0.25) is 10.1 Å². The van der Waals surface area contributed by atoms with Crippen LogP contribution < -0.4 is 5.32 Å². The summed E-state index contributed by atoms with van der Waals surface area (Å²) in [7, 11) is 0. The van der Waals surface area contributed by atoms with Gasteiger partial charge in [0.25, 0.3) is 5.69 Å². The molecule has 1 heterocycles. The number of benzene rings is 2. The highest BCUT2D eigenvalue weighted by Crippen LogP contribution is 2.30. The Hall–Kier alpha value is -2.11. The van der Waals surface area contributed by atoms with Gasteiger partial charge in [0.05, 0.1) is 4.92 Å². The molecule has 0 saturated carbocycles. The number of thiophene rings is 1. The van der Waals surface area contributed by atoms with Crippen molar-refractivity contribution < 1.29 is 4.92 Å². The maximum Gasteiger partial charge on any atom is 0.293 e. The topological polar surface area (TPSA) is 55.2 Å². The van der Waals surface area contributed by atoms with Crippen LogP contribution in [0.2, 0.25) is 5.02 Å². The van der Waals surface area contributed by atoms with E-state index in [0.717, 1.165) is 5.56 Å². The minimum absolute atomic E-state index is 0.0120. The molecule has 0 bridgehead atoms. The van der Waals surface area contributed by atoms with E-state index in [1.165, 1.54) is 16.2 Å². The normalized spacial score (nSPS) is 10.7. The molecular weight excluding hydrogens is 308 g/mol. The fourth-order valence-electron chi connectivity index (χ4n) is 2.17. The molecule has 0 radical (unpaired) electrons. The van der Waals surface area contributed by atoms with Crippen molar-refractivity contribution in [3.8, 4) is 0 Å². The summed E-state index contributed by atoms with van der Waals surface area (Å²) in [5.41, 5.74) is 1.58. The minimum Gasteiger partial charge on any atom is -0.375 e. The second kappa shape index (κ2) is 5.71. The van der Waals surface area contributed by atoms with Gasteiger partial charge in [0.1, 0.15) is 5.69 Å². The molecule has 0 saturated heterocycles. The van der Waals surface area contributed by atoms with Crippen LogP contribution in [0.1, 0.15) is 5.56 Å². The number of fused-ring (bicyclic) bond motifs is 1. The van der Waals surface area contributed by atoms with Gasteiger partial charge in [-0.1, -0.05) is 29.8 Å². The molecule has 21 heavy (non-hydrogen) atoms. The number of anilines is 1. The van der Waals surface area contributed by atoms with Crippen molar-refractivity contribution in [3.05, 3.63) is 68.5 Å². The van der Waals surface area contributed by atoms with E-state index >= 15 is 0 Å². The standard InChI is InChI=1S/C15H11ClN2O2S/c16-11-5-6-13(14(7-11)18(19)20)17-8-10-9-21-15-4-2-1-3-12(10)15/h1-7,9,17H,8H2.